The molecule has 0 N–H and O–H groups in total. The maximum atomic E-state index is 11.5. The van der Waals surface area contributed by atoms with E-state index in [-0.39, 0.29) is 0 Å². The first-order valence-electron chi connectivity index (χ1n) is 5.46. The van der Waals surface area contributed by atoms with Crippen molar-refractivity contribution in [2.75, 3.05) is 7.11 Å². The van der Waals surface area contributed by atoms with E-state index >= 15 is 0 Å². The van der Waals surface area contributed by atoms with E-state index in [1.54, 1.807) is 6.92 Å². The highest BCUT2D eigenvalue weighted by Crippen LogP contribution is 2.07. The summed E-state index contributed by atoms with van der Waals surface area (Å²) in [6.45, 7) is 2.10. The van der Waals surface area contributed by atoms with Gasteiger partial charge in [0.2, 0.25) is 0 Å². The van der Waals surface area contributed by atoms with Gasteiger partial charge in [0.15, 0.2) is 0 Å². The first-order chi connectivity index (χ1) is 8.19. The normalized spacial score (nSPS) is 11.9. The number of benzene rings is 1. The van der Waals surface area contributed by atoms with Crippen molar-refractivity contribution in [1.82, 2.24) is 0 Å². The van der Waals surface area contributed by atoms with Crippen molar-refractivity contribution in [1.29, 1.82) is 0 Å². The van der Waals surface area contributed by atoms with Gasteiger partial charge < -0.3 is 9.47 Å². The van der Waals surface area contributed by atoms with Crippen LogP contribution in [0.4, 0.5) is 0 Å². The third-order valence-corrected chi connectivity index (χ3v) is 2.34. The fraction of sp³-hybridized carbons (Fsp3) is 0.385. The van der Waals surface area contributed by atoms with Crippen molar-refractivity contribution in [2.45, 2.75) is 26.1 Å². The number of ketones is 1. The number of carbonyl (C=O) groups excluding carboxylic acids is 2. The number of ether oxygens (including phenoxy) is 2. The molecule has 0 spiro atoms. The minimum atomic E-state index is -0.857. The van der Waals surface area contributed by atoms with Gasteiger partial charge in [0, 0.05) is 0 Å². The predicted molar refractivity (Wildman–Crippen MR) is 62.3 cm³/mol. The van der Waals surface area contributed by atoms with Gasteiger partial charge in [0.05, 0.1) is 13.7 Å². The highest BCUT2D eigenvalue weighted by atomic mass is 16.5. The largest absolute Gasteiger partial charge is 0.463 e. The topological polar surface area (TPSA) is 52.6 Å². The van der Waals surface area contributed by atoms with Gasteiger partial charge in [-0.05, 0) is 12.0 Å². The van der Waals surface area contributed by atoms with Crippen molar-refractivity contribution >= 4 is 11.8 Å². The van der Waals surface area contributed by atoms with E-state index in [1.165, 1.54) is 7.11 Å². The molecule has 0 unspecified atom stereocenters. The molecule has 4 heteroatoms. The summed E-state index contributed by atoms with van der Waals surface area (Å²) in [5, 5.41) is 0. The summed E-state index contributed by atoms with van der Waals surface area (Å²) in [5.74, 6) is -1.49. The molecular weight excluding hydrogens is 220 g/mol. The zero-order chi connectivity index (χ0) is 12.7. The van der Waals surface area contributed by atoms with Crippen LogP contribution >= 0.6 is 0 Å². The summed E-state index contributed by atoms with van der Waals surface area (Å²) >= 11 is 0. The molecule has 4 nitrogen and oxygen atoms in total. The number of rotatable bonds is 6. The van der Waals surface area contributed by atoms with E-state index in [1.807, 2.05) is 30.3 Å². The molecule has 0 saturated carbocycles. The van der Waals surface area contributed by atoms with Gasteiger partial charge in [0.1, 0.15) is 6.10 Å². The van der Waals surface area contributed by atoms with E-state index in [9.17, 15) is 9.59 Å². The Hall–Kier alpha value is -1.68. The van der Waals surface area contributed by atoms with E-state index in [4.69, 9.17) is 4.74 Å². The molecule has 0 bridgehead atoms. The van der Waals surface area contributed by atoms with E-state index in [0.717, 1.165) is 5.56 Å². The number of esters is 1. The molecular formula is C13H16O4. The Morgan fingerprint density at radius 3 is 2.41 bits per heavy atom. The lowest BCUT2D eigenvalue weighted by molar-refractivity contribution is -0.157. The van der Waals surface area contributed by atoms with Crippen molar-refractivity contribution in [3.05, 3.63) is 35.9 Å². The first-order valence-corrected chi connectivity index (χ1v) is 5.46. The smallest absolute Gasteiger partial charge is 0.377 e. The lowest BCUT2D eigenvalue weighted by Crippen LogP contribution is -2.31. The number of methoxy groups -OCH3 is 1. The van der Waals surface area contributed by atoms with Crippen LogP contribution in [-0.4, -0.2) is 25.0 Å². The fourth-order valence-electron chi connectivity index (χ4n) is 1.38. The number of hydrogen-bond acceptors (Lipinski definition) is 4. The van der Waals surface area contributed by atoms with Crippen LogP contribution in [0.25, 0.3) is 0 Å². The number of Topliss-reactive ketones (excluding diaryl/α,β-unsaturated/α-hetero) is 1. The summed E-state index contributed by atoms with van der Waals surface area (Å²) in [4.78, 5) is 22.6. The Balaban J connectivity index is 2.53. The van der Waals surface area contributed by atoms with Crippen molar-refractivity contribution in [3.8, 4) is 0 Å². The van der Waals surface area contributed by atoms with Crippen molar-refractivity contribution in [3.63, 3.8) is 0 Å². The quantitative estimate of drug-likeness (QED) is 0.557. The van der Waals surface area contributed by atoms with Gasteiger partial charge in [0.25, 0.3) is 5.78 Å². The monoisotopic (exact) mass is 236 g/mol. The third-order valence-electron chi connectivity index (χ3n) is 2.34. The molecule has 0 aliphatic carbocycles. The highest BCUT2D eigenvalue weighted by Gasteiger charge is 2.25. The average molecular weight is 236 g/mol. The van der Waals surface area contributed by atoms with Crippen LogP contribution in [0.2, 0.25) is 0 Å². The van der Waals surface area contributed by atoms with Gasteiger partial charge >= 0.3 is 5.97 Å². The van der Waals surface area contributed by atoms with Crippen LogP contribution < -0.4 is 0 Å². The second-order valence-electron chi connectivity index (χ2n) is 3.55. The highest BCUT2D eigenvalue weighted by molar-refractivity contribution is 6.35. The van der Waals surface area contributed by atoms with Gasteiger partial charge in [-0.15, -0.1) is 0 Å². The van der Waals surface area contributed by atoms with Crippen LogP contribution in [0, 0.1) is 0 Å². The molecule has 0 amide bonds. The second kappa shape index (κ2) is 6.81. The summed E-state index contributed by atoms with van der Waals surface area (Å²) in [5.41, 5.74) is 0.962. The zero-order valence-corrected chi connectivity index (χ0v) is 10.0. The summed E-state index contributed by atoms with van der Waals surface area (Å²) < 4.78 is 9.79. The van der Waals surface area contributed by atoms with Gasteiger partial charge in [-0.3, -0.25) is 4.79 Å². The molecule has 0 heterocycles. The zero-order valence-electron chi connectivity index (χ0n) is 10.0. The van der Waals surface area contributed by atoms with Crippen LogP contribution in [-0.2, 0) is 25.7 Å². The van der Waals surface area contributed by atoms with E-state index < -0.39 is 17.9 Å². The van der Waals surface area contributed by atoms with E-state index in [2.05, 4.69) is 4.74 Å². The number of hydrogen-bond donors (Lipinski definition) is 0. The van der Waals surface area contributed by atoms with Crippen LogP contribution in [0.5, 0.6) is 0 Å². The van der Waals surface area contributed by atoms with Crippen LogP contribution in [0.15, 0.2) is 30.3 Å². The molecule has 1 atom stereocenters. The molecule has 0 saturated heterocycles. The first kappa shape index (κ1) is 13.4. The molecule has 92 valence electrons. The minimum Gasteiger partial charge on any atom is -0.463 e. The predicted octanol–water partition coefficient (Wildman–Crippen LogP) is 1.72. The molecule has 0 fully saturated rings. The molecule has 0 aliphatic heterocycles. The summed E-state index contributed by atoms with van der Waals surface area (Å²) in [7, 11) is 1.18. The van der Waals surface area contributed by atoms with Gasteiger partial charge in [-0.2, -0.15) is 0 Å². The van der Waals surface area contributed by atoms with Crippen molar-refractivity contribution < 1.29 is 19.1 Å². The minimum absolute atomic E-state index is 0.308. The average Bonchev–Trinajstić information content (AvgIpc) is 2.39. The molecule has 1 aromatic rings. The maximum absolute atomic E-state index is 11.5. The van der Waals surface area contributed by atoms with Crippen LogP contribution in [0.1, 0.15) is 18.9 Å². The maximum Gasteiger partial charge on any atom is 0.377 e. The Bertz CT molecular complexity index is 372. The standard InChI is InChI=1S/C13H16O4/c1-3-11(12(14)13(15)16-2)17-9-10-7-5-4-6-8-10/h4-8,11H,3,9H2,1-2H3/t11-/m1/s1. The molecule has 0 radical (unpaired) electrons. The molecule has 1 aromatic carbocycles. The Kier molecular flexibility index (Phi) is 5.36. The summed E-state index contributed by atoms with van der Waals surface area (Å²) in [6.07, 6.45) is -0.288. The SMILES string of the molecule is CC[C@@H](OCc1ccccc1)C(=O)C(=O)OC. The lowest BCUT2D eigenvalue weighted by atomic mass is 10.2. The van der Waals surface area contributed by atoms with E-state index in [0.29, 0.717) is 13.0 Å². The van der Waals surface area contributed by atoms with Gasteiger partial charge in [-0.25, -0.2) is 4.79 Å². The molecule has 0 aromatic heterocycles. The Morgan fingerprint density at radius 2 is 1.88 bits per heavy atom. The molecule has 1 rings (SSSR count). The van der Waals surface area contributed by atoms with Crippen molar-refractivity contribution in [2.24, 2.45) is 0 Å². The number of carbonyl (C=O) groups is 2. The Morgan fingerprint density at radius 1 is 1.24 bits per heavy atom. The van der Waals surface area contributed by atoms with Gasteiger partial charge in [-0.1, -0.05) is 37.3 Å². The molecule has 17 heavy (non-hydrogen) atoms. The third kappa shape index (κ3) is 4.00. The summed E-state index contributed by atoms with van der Waals surface area (Å²) in [6, 6.07) is 9.48. The fourth-order valence-corrected chi connectivity index (χ4v) is 1.38. The van der Waals surface area contributed by atoms with Crippen LogP contribution in [0.3, 0.4) is 0 Å². The lowest BCUT2D eigenvalue weighted by Gasteiger charge is -2.13. The Labute approximate surface area is 101 Å². The second-order valence-corrected chi connectivity index (χ2v) is 3.55. The molecule has 0 aliphatic rings.